The molecule has 1 saturated heterocycles. The summed E-state index contributed by atoms with van der Waals surface area (Å²) in [5.41, 5.74) is 3.61. The molecule has 0 radical (unpaired) electrons. The van der Waals surface area contributed by atoms with Crippen LogP contribution in [0.15, 0.2) is 53.7 Å². The first-order chi connectivity index (χ1) is 12.5. The highest BCUT2D eigenvalue weighted by molar-refractivity contribution is 7.89. The molecule has 1 aliphatic rings. The molecule has 3 aromatic rings. The predicted octanol–water partition coefficient (Wildman–Crippen LogP) is 3.87. The van der Waals surface area contributed by atoms with Crippen LogP contribution in [0.5, 0.6) is 0 Å². The molecule has 1 aromatic carbocycles. The van der Waals surface area contributed by atoms with E-state index in [0.29, 0.717) is 18.0 Å². The number of pyridine rings is 1. The number of nitrogens with zero attached hydrogens (tertiary/aromatic N) is 3. The largest absolute Gasteiger partial charge is 0.306 e. The summed E-state index contributed by atoms with van der Waals surface area (Å²) in [5.74, 6) is 0. The molecular weight excluding hydrogens is 346 g/mol. The van der Waals surface area contributed by atoms with Crippen molar-refractivity contribution in [3.8, 4) is 11.3 Å². The lowest BCUT2D eigenvalue weighted by Gasteiger charge is -2.20. The number of rotatable bonds is 3. The van der Waals surface area contributed by atoms with Crippen LogP contribution in [0.1, 0.15) is 31.2 Å². The van der Waals surface area contributed by atoms with Crippen LogP contribution in [-0.2, 0) is 10.0 Å². The molecule has 0 atom stereocenters. The van der Waals surface area contributed by atoms with E-state index in [9.17, 15) is 8.42 Å². The molecule has 0 aliphatic carbocycles. The Balaban J connectivity index is 1.71. The number of aryl methyl sites for hydroxylation is 1. The molecule has 0 N–H and O–H groups in total. The van der Waals surface area contributed by atoms with Gasteiger partial charge in [0.1, 0.15) is 5.65 Å². The number of sulfonamides is 1. The molecule has 0 spiro atoms. The first-order valence-electron chi connectivity index (χ1n) is 9.10. The Bertz CT molecular complexity index is 1030. The monoisotopic (exact) mass is 369 g/mol. The molecule has 6 heteroatoms. The van der Waals surface area contributed by atoms with E-state index in [1.807, 2.05) is 41.9 Å². The minimum atomic E-state index is -3.45. The number of imidazole rings is 1. The summed E-state index contributed by atoms with van der Waals surface area (Å²) in [7, 11) is -3.45. The Labute approximate surface area is 154 Å². The van der Waals surface area contributed by atoms with Crippen molar-refractivity contribution in [1.29, 1.82) is 0 Å². The number of hydrogen-bond donors (Lipinski definition) is 0. The van der Waals surface area contributed by atoms with Crippen LogP contribution >= 0.6 is 0 Å². The van der Waals surface area contributed by atoms with Crippen molar-refractivity contribution in [3.05, 3.63) is 54.4 Å². The fourth-order valence-corrected chi connectivity index (χ4v) is 5.03. The van der Waals surface area contributed by atoms with Crippen molar-refractivity contribution in [1.82, 2.24) is 13.7 Å². The Kier molecular flexibility index (Phi) is 4.54. The number of benzene rings is 1. The smallest absolute Gasteiger partial charge is 0.243 e. The summed E-state index contributed by atoms with van der Waals surface area (Å²) in [6, 6.07) is 11.2. The van der Waals surface area contributed by atoms with Crippen molar-refractivity contribution in [3.63, 3.8) is 0 Å². The van der Waals surface area contributed by atoms with Crippen LogP contribution < -0.4 is 0 Å². The van der Waals surface area contributed by atoms with E-state index >= 15 is 0 Å². The lowest BCUT2D eigenvalue weighted by Crippen LogP contribution is -2.31. The first kappa shape index (κ1) is 17.2. The molecule has 1 aliphatic heterocycles. The fourth-order valence-electron chi connectivity index (χ4n) is 3.47. The van der Waals surface area contributed by atoms with Gasteiger partial charge in [0.15, 0.2) is 0 Å². The van der Waals surface area contributed by atoms with Crippen LogP contribution in [0.4, 0.5) is 0 Å². The average Bonchev–Trinajstić information content (AvgIpc) is 2.86. The van der Waals surface area contributed by atoms with E-state index in [4.69, 9.17) is 0 Å². The van der Waals surface area contributed by atoms with Crippen LogP contribution in [0.3, 0.4) is 0 Å². The van der Waals surface area contributed by atoms with Gasteiger partial charge in [-0.25, -0.2) is 13.4 Å². The predicted molar refractivity (Wildman–Crippen MR) is 103 cm³/mol. The molecule has 26 heavy (non-hydrogen) atoms. The van der Waals surface area contributed by atoms with Crippen LogP contribution in [0, 0.1) is 6.92 Å². The number of aromatic nitrogens is 2. The maximum absolute atomic E-state index is 13.0. The van der Waals surface area contributed by atoms with E-state index in [0.717, 1.165) is 48.2 Å². The third-order valence-electron chi connectivity index (χ3n) is 4.95. The zero-order chi connectivity index (χ0) is 18.1. The van der Waals surface area contributed by atoms with Gasteiger partial charge in [-0.15, -0.1) is 0 Å². The highest BCUT2D eigenvalue weighted by Crippen LogP contribution is 2.26. The Morgan fingerprint density at radius 2 is 1.77 bits per heavy atom. The second-order valence-electron chi connectivity index (χ2n) is 6.94. The lowest BCUT2D eigenvalue weighted by atomic mass is 10.2. The molecule has 0 bridgehead atoms. The topological polar surface area (TPSA) is 54.7 Å². The SMILES string of the molecule is Cc1ccn2cc(-c3cccc(S(=O)(=O)N4CCCCCC4)c3)nc2c1. The van der Waals surface area contributed by atoms with Gasteiger partial charge in [-0.1, -0.05) is 25.0 Å². The Hall–Kier alpha value is -2.18. The molecule has 0 amide bonds. The molecule has 3 heterocycles. The summed E-state index contributed by atoms with van der Waals surface area (Å²) in [5, 5.41) is 0. The lowest BCUT2D eigenvalue weighted by molar-refractivity contribution is 0.424. The van der Waals surface area contributed by atoms with E-state index in [1.54, 1.807) is 22.5 Å². The van der Waals surface area contributed by atoms with Gasteiger partial charge in [0.25, 0.3) is 0 Å². The minimum Gasteiger partial charge on any atom is -0.306 e. The quantitative estimate of drug-likeness (QED) is 0.704. The summed E-state index contributed by atoms with van der Waals surface area (Å²) in [4.78, 5) is 5.00. The number of hydrogen-bond acceptors (Lipinski definition) is 3. The fraction of sp³-hybridized carbons (Fsp3) is 0.350. The standard InChI is InChI=1S/C20H23N3O2S/c1-16-9-12-22-15-19(21-20(22)13-16)17-7-6-8-18(14-17)26(24,25)23-10-4-2-3-5-11-23/h6-9,12-15H,2-5,10-11H2,1H3. The second kappa shape index (κ2) is 6.85. The maximum atomic E-state index is 13.0. The third kappa shape index (κ3) is 3.27. The van der Waals surface area contributed by atoms with Crippen LogP contribution in [0.2, 0.25) is 0 Å². The van der Waals surface area contributed by atoms with E-state index in [1.165, 1.54) is 0 Å². The van der Waals surface area contributed by atoms with Crippen molar-refractivity contribution in [2.45, 2.75) is 37.5 Å². The molecule has 5 nitrogen and oxygen atoms in total. The molecule has 0 unspecified atom stereocenters. The molecule has 2 aromatic heterocycles. The Morgan fingerprint density at radius 1 is 1.00 bits per heavy atom. The van der Waals surface area contributed by atoms with Gasteiger partial charge in [-0.05, 0) is 49.6 Å². The van der Waals surface area contributed by atoms with Gasteiger partial charge in [-0.3, -0.25) is 0 Å². The van der Waals surface area contributed by atoms with Gasteiger partial charge in [0.05, 0.1) is 10.6 Å². The molecule has 136 valence electrons. The van der Waals surface area contributed by atoms with Gasteiger partial charge in [-0.2, -0.15) is 4.31 Å². The van der Waals surface area contributed by atoms with Crippen molar-refractivity contribution < 1.29 is 8.42 Å². The average molecular weight is 369 g/mol. The van der Waals surface area contributed by atoms with Crippen molar-refractivity contribution in [2.75, 3.05) is 13.1 Å². The second-order valence-corrected chi connectivity index (χ2v) is 8.88. The maximum Gasteiger partial charge on any atom is 0.243 e. The molecule has 1 fully saturated rings. The summed E-state index contributed by atoms with van der Waals surface area (Å²) in [6.45, 7) is 3.25. The highest BCUT2D eigenvalue weighted by atomic mass is 32.2. The Morgan fingerprint density at radius 3 is 2.54 bits per heavy atom. The third-order valence-corrected chi connectivity index (χ3v) is 6.84. The van der Waals surface area contributed by atoms with Gasteiger partial charge in [0.2, 0.25) is 10.0 Å². The number of fused-ring (bicyclic) bond motifs is 1. The van der Waals surface area contributed by atoms with Gasteiger partial charge < -0.3 is 4.40 Å². The van der Waals surface area contributed by atoms with E-state index < -0.39 is 10.0 Å². The molecular formula is C20H23N3O2S. The summed E-state index contributed by atoms with van der Waals surface area (Å²) in [6.07, 6.45) is 7.99. The van der Waals surface area contributed by atoms with Gasteiger partial charge >= 0.3 is 0 Å². The highest BCUT2D eigenvalue weighted by Gasteiger charge is 2.25. The molecule has 0 saturated carbocycles. The summed E-state index contributed by atoms with van der Waals surface area (Å²) < 4.78 is 29.7. The van der Waals surface area contributed by atoms with E-state index in [-0.39, 0.29) is 0 Å². The zero-order valence-electron chi connectivity index (χ0n) is 14.9. The van der Waals surface area contributed by atoms with Gasteiger partial charge in [0, 0.05) is 31.0 Å². The summed E-state index contributed by atoms with van der Waals surface area (Å²) >= 11 is 0. The van der Waals surface area contributed by atoms with Crippen LogP contribution in [-0.4, -0.2) is 35.2 Å². The zero-order valence-corrected chi connectivity index (χ0v) is 15.7. The minimum absolute atomic E-state index is 0.352. The van der Waals surface area contributed by atoms with E-state index in [2.05, 4.69) is 4.98 Å². The van der Waals surface area contributed by atoms with Crippen molar-refractivity contribution >= 4 is 15.7 Å². The first-order valence-corrected chi connectivity index (χ1v) is 10.5. The van der Waals surface area contributed by atoms with Crippen molar-refractivity contribution in [2.24, 2.45) is 0 Å². The molecule has 4 rings (SSSR count). The normalized spacial score (nSPS) is 16.7. The van der Waals surface area contributed by atoms with Crippen LogP contribution in [0.25, 0.3) is 16.9 Å².